The van der Waals surface area contributed by atoms with Crippen LogP contribution in [0, 0.1) is 0 Å². The summed E-state index contributed by atoms with van der Waals surface area (Å²) in [7, 11) is 0. The Morgan fingerprint density at radius 3 is 2.64 bits per heavy atom. The van der Waals surface area contributed by atoms with Crippen LogP contribution in [0.2, 0.25) is 0 Å². The van der Waals surface area contributed by atoms with Crippen LogP contribution in [0.4, 0.5) is 0 Å². The molecule has 0 aliphatic carbocycles. The summed E-state index contributed by atoms with van der Waals surface area (Å²) in [6, 6.07) is 6.61. The number of benzene rings is 1. The van der Waals surface area contributed by atoms with E-state index in [9.17, 15) is 9.59 Å². The van der Waals surface area contributed by atoms with E-state index in [1.165, 1.54) is 6.07 Å². The Morgan fingerprint density at radius 1 is 1.50 bits per heavy atom. The first kappa shape index (κ1) is 10.4. The van der Waals surface area contributed by atoms with E-state index in [4.69, 9.17) is 5.11 Å². The smallest absolute Gasteiger partial charge is 0.335 e. The molecular weight excluding hydrogens is 180 g/mol. The molecule has 0 spiro atoms. The van der Waals surface area contributed by atoms with Gasteiger partial charge in [-0.1, -0.05) is 25.1 Å². The summed E-state index contributed by atoms with van der Waals surface area (Å²) in [6.07, 6.45) is 1.41. The molecule has 74 valence electrons. The molecule has 3 nitrogen and oxygen atoms in total. The molecule has 1 aromatic carbocycles. The number of carbonyl (C=O) groups is 2. The molecule has 0 heterocycles. The summed E-state index contributed by atoms with van der Waals surface area (Å²) in [4.78, 5) is 21.6. The van der Waals surface area contributed by atoms with Gasteiger partial charge in [-0.05, 0) is 18.1 Å². The monoisotopic (exact) mass is 192 g/mol. The number of carbonyl (C=O) groups excluding carboxylic acids is 1. The van der Waals surface area contributed by atoms with Gasteiger partial charge >= 0.3 is 5.97 Å². The molecule has 0 bridgehead atoms. The summed E-state index contributed by atoms with van der Waals surface area (Å²) < 4.78 is 0. The molecule has 3 heteroatoms. The van der Waals surface area contributed by atoms with Crippen LogP contribution in [0.15, 0.2) is 24.3 Å². The van der Waals surface area contributed by atoms with E-state index >= 15 is 0 Å². The first-order chi connectivity index (χ1) is 6.70. The summed E-state index contributed by atoms with van der Waals surface area (Å²) in [5, 5.41) is 8.89. The number of hydrogen-bond donors (Lipinski definition) is 1. The van der Waals surface area contributed by atoms with Crippen LogP contribution in [0.5, 0.6) is 0 Å². The molecule has 1 unspecified atom stereocenters. The van der Waals surface area contributed by atoms with Crippen molar-refractivity contribution in [3.63, 3.8) is 0 Å². The number of hydrogen-bond acceptors (Lipinski definition) is 2. The minimum absolute atomic E-state index is 0.214. The maximum absolute atomic E-state index is 10.8. The van der Waals surface area contributed by atoms with Crippen LogP contribution in [0.3, 0.4) is 0 Å². The average molecular weight is 192 g/mol. The van der Waals surface area contributed by atoms with Gasteiger partial charge in [0.25, 0.3) is 0 Å². The summed E-state index contributed by atoms with van der Waals surface area (Å²) in [5.41, 5.74) is 0.809. The minimum Gasteiger partial charge on any atom is -0.478 e. The second kappa shape index (κ2) is 4.56. The second-order valence-corrected chi connectivity index (χ2v) is 3.04. The maximum atomic E-state index is 10.8. The van der Waals surface area contributed by atoms with Crippen LogP contribution in [-0.4, -0.2) is 17.4 Å². The van der Waals surface area contributed by atoms with Crippen LogP contribution in [-0.2, 0) is 4.79 Å². The highest BCUT2D eigenvalue weighted by molar-refractivity contribution is 5.90. The number of carboxylic acids is 1. The third-order valence-electron chi connectivity index (χ3n) is 2.19. The summed E-state index contributed by atoms with van der Waals surface area (Å²) in [6.45, 7) is 1.86. The second-order valence-electron chi connectivity index (χ2n) is 3.04. The van der Waals surface area contributed by atoms with Crippen molar-refractivity contribution in [2.75, 3.05) is 0 Å². The molecule has 0 aliphatic rings. The lowest BCUT2D eigenvalue weighted by atomic mass is 9.93. The van der Waals surface area contributed by atoms with E-state index in [1.807, 2.05) is 6.92 Å². The Hall–Kier alpha value is -1.64. The lowest BCUT2D eigenvalue weighted by molar-refractivity contribution is -0.109. The zero-order valence-electron chi connectivity index (χ0n) is 7.93. The quantitative estimate of drug-likeness (QED) is 0.743. The first-order valence-corrected chi connectivity index (χ1v) is 4.48. The van der Waals surface area contributed by atoms with Gasteiger partial charge in [-0.25, -0.2) is 4.79 Å². The Morgan fingerprint density at radius 2 is 2.14 bits per heavy atom. The molecule has 0 radical (unpaired) electrons. The first-order valence-electron chi connectivity index (χ1n) is 4.48. The van der Waals surface area contributed by atoms with Crippen LogP contribution >= 0.6 is 0 Å². The van der Waals surface area contributed by atoms with Gasteiger partial charge in [0.05, 0.1) is 5.56 Å². The topological polar surface area (TPSA) is 54.4 Å². The number of aldehydes is 1. The zero-order valence-corrected chi connectivity index (χ0v) is 7.93. The number of carboxylic acid groups (broad SMARTS) is 1. The average Bonchev–Trinajstić information content (AvgIpc) is 2.20. The van der Waals surface area contributed by atoms with Gasteiger partial charge < -0.3 is 9.90 Å². The molecule has 0 aromatic heterocycles. The number of aromatic carboxylic acids is 1. The van der Waals surface area contributed by atoms with E-state index in [2.05, 4.69) is 0 Å². The third-order valence-corrected chi connectivity index (χ3v) is 2.19. The van der Waals surface area contributed by atoms with Crippen molar-refractivity contribution < 1.29 is 14.7 Å². The molecule has 0 amide bonds. The van der Waals surface area contributed by atoms with E-state index in [-0.39, 0.29) is 11.5 Å². The van der Waals surface area contributed by atoms with Gasteiger partial charge in [-0.3, -0.25) is 0 Å². The molecule has 1 aromatic rings. The molecule has 0 saturated heterocycles. The van der Waals surface area contributed by atoms with Gasteiger partial charge in [0.15, 0.2) is 0 Å². The highest BCUT2D eigenvalue weighted by Gasteiger charge is 2.15. The molecule has 14 heavy (non-hydrogen) atoms. The largest absolute Gasteiger partial charge is 0.478 e. The Labute approximate surface area is 82.4 Å². The fourth-order valence-electron chi connectivity index (χ4n) is 1.40. The van der Waals surface area contributed by atoms with Crippen molar-refractivity contribution >= 4 is 12.3 Å². The SMILES string of the molecule is CCC(C=O)c1ccccc1C(=O)O. The lowest BCUT2D eigenvalue weighted by Gasteiger charge is -2.10. The Kier molecular flexibility index (Phi) is 3.40. The predicted octanol–water partition coefficient (Wildman–Crippen LogP) is 2.08. The molecule has 0 aliphatic heterocycles. The molecule has 0 saturated carbocycles. The Bertz CT molecular complexity index is 344. The molecule has 1 atom stereocenters. The summed E-state index contributed by atoms with van der Waals surface area (Å²) in [5.74, 6) is -1.30. The summed E-state index contributed by atoms with van der Waals surface area (Å²) >= 11 is 0. The van der Waals surface area contributed by atoms with Gasteiger partial charge in [-0.2, -0.15) is 0 Å². The lowest BCUT2D eigenvalue weighted by Crippen LogP contribution is -2.07. The zero-order chi connectivity index (χ0) is 10.6. The fourth-order valence-corrected chi connectivity index (χ4v) is 1.40. The van der Waals surface area contributed by atoms with Gasteiger partial charge in [0.1, 0.15) is 6.29 Å². The van der Waals surface area contributed by atoms with Gasteiger partial charge in [0, 0.05) is 5.92 Å². The van der Waals surface area contributed by atoms with Crippen molar-refractivity contribution in [3.05, 3.63) is 35.4 Å². The van der Waals surface area contributed by atoms with Crippen LogP contribution in [0.1, 0.15) is 35.2 Å². The molecule has 0 fully saturated rings. The predicted molar refractivity (Wildman–Crippen MR) is 52.5 cm³/mol. The van der Waals surface area contributed by atoms with E-state index < -0.39 is 5.97 Å². The van der Waals surface area contributed by atoms with Crippen molar-refractivity contribution in [1.29, 1.82) is 0 Å². The molecular formula is C11H12O3. The molecule has 1 N–H and O–H groups in total. The van der Waals surface area contributed by atoms with E-state index in [1.54, 1.807) is 18.2 Å². The van der Waals surface area contributed by atoms with Crippen molar-refractivity contribution in [3.8, 4) is 0 Å². The highest BCUT2D eigenvalue weighted by atomic mass is 16.4. The minimum atomic E-state index is -0.985. The maximum Gasteiger partial charge on any atom is 0.335 e. The van der Waals surface area contributed by atoms with Gasteiger partial charge in [0.2, 0.25) is 0 Å². The van der Waals surface area contributed by atoms with Crippen molar-refractivity contribution in [2.24, 2.45) is 0 Å². The van der Waals surface area contributed by atoms with E-state index in [0.29, 0.717) is 12.0 Å². The van der Waals surface area contributed by atoms with Crippen LogP contribution < -0.4 is 0 Å². The normalized spacial score (nSPS) is 12.1. The number of rotatable bonds is 4. The van der Waals surface area contributed by atoms with Crippen LogP contribution in [0.25, 0.3) is 0 Å². The third kappa shape index (κ3) is 1.99. The molecule has 1 rings (SSSR count). The fraction of sp³-hybridized carbons (Fsp3) is 0.273. The van der Waals surface area contributed by atoms with Crippen molar-refractivity contribution in [2.45, 2.75) is 19.3 Å². The van der Waals surface area contributed by atoms with Gasteiger partial charge in [-0.15, -0.1) is 0 Å². The van der Waals surface area contributed by atoms with Crippen molar-refractivity contribution in [1.82, 2.24) is 0 Å². The highest BCUT2D eigenvalue weighted by Crippen LogP contribution is 2.21. The standard InChI is InChI=1S/C11H12O3/c1-2-8(7-12)9-5-3-4-6-10(9)11(13)14/h3-8H,2H2,1H3,(H,13,14). The van der Waals surface area contributed by atoms with E-state index in [0.717, 1.165) is 6.29 Å². The Balaban J connectivity index is 3.18.